The Balaban J connectivity index is 2.08. The molecule has 0 aliphatic rings. The predicted octanol–water partition coefficient (Wildman–Crippen LogP) is 2.81. The number of hydrogen-bond acceptors (Lipinski definition) is 5. The van der Waals surface area contributed by atoms with Gasteiger partial charge in [0.2, 0.25) is 0 Å². The molecule has 2 rings (SSSR count). The van der Waals surface area contributed by atoms with Crippen LogP contribution in [0.15, 0.2) is 23.7 Å². The van der Waals surface area contributed by atoms with Gasteiger partial charge in [0.25, 0.3) is 0 Å². The fourth-order valence-corrected chi connectivity index (χ4v) is 1.96. The summed E-state index contributed by atoms with van der Waals surface area (Å²) < 4.78 is 4.93. The van der Waals surface area contributed by atoms with Crippen LogP contribution in [0.5, 0.6) is 6.01 Å². The van der Waals surface area contributed by atoms with E-state index < -0.39 is 0 Å². The lowest BCUT2D eigenvalue weighted by Crippen LogP contribution is -2.02. The van der Waals surface area contributed by atoms with Crippen LogP contribution in [0.3, 0.4) is 0 Å². The molecule has 2 heterocycles. The zero-order valence-electron chi connectivity index (χ0n) is 8.61. The third-order valence-corrected chi connectivity index (χ3v) is 3.07. The highest BCUT2D eigenvalue weighted by Gasteiger charge is 2.05. The topological polar surface area (TPSA) is 47.0 Å². The molecule has 2 aromatic heterocycles. The Hall–Kier alpha value is -1.33. The second-order valence-corrected chi connectivity index (χ2v) is 4.43. The van der Waals surface area contributed by atoms with E-state index in [-0.39, 0.29) is 0 Å². The van der Waals surface area contributed by atoms with Crippen LogP contribution in [-0.2, 0) is 6.54 Å². The number of nitrogens with zero attached hydrogens (tertiary/aromatic N) is 2. The van der Waals surface area contributed by atoms with Crippen LogP contribution in [0, 0.1) is 0 Å². The van der Waals surface area contributed by atoms with Crippen molar-refractivity contribution >= 4 is 28.8 Å². The highest BCUT2D eigenvalue weighted by molar-refractivity contribution is 7.09. The van der Waals surface area contributed by atoms with Crippen LogP contribution in [0.2, 0.25) is 5.02 Å². The summed E-state index contributed by atoms with van der Waals surface area (Å²) in [4.78, 5) is 9.23. The molecule has 16 heavy (non-hydrogen) atoms. The molecule has 4 nitrogen and oxygen atoms in total. The molecule has 0 aliphatic carbocycles. The van der Waals surface area contributed by atoms with Crippen LogP contribution in [-0.4, -0.2) is 17.1 Å². The Morgan fingerprint density at radius 3 is 3.12 bits per heavy atom. The first kappa shape index (κ1) is 11.2. The summed E-state index contributed by atoms with van der Waals surface area (Å²) in [5, 5.41) is 5.65. The molecule has 0 aliphatic heterocycles. The molecule has 84 valence electrons. The molecule has 6 heteroatoms. The van der Waals surface area contributed by atoms with Gasteiger partial charge in [-0.25, -0.2) is 4.98 Å². The molecule has 0 bridgehead atoms. The zero-order valence-corrected chi connectivity index (χ0v) is 10.2. The largest absolute Gasteiger partial charge is 0.467 e. The molecule has 0 saturated heterocycles. The SMILES string of the molecule is COc1ncc(Cl)c(NCc2cccs2)n1. The molecule has 0 amide bonds. The van der Waals surface area contributed by atoms with Gasteiger partial charge in [-0.15, -0.1) is 11.3 Å². The molecule has 1 N–H and O–H groups in total. The molecule has 0 aromatic carbocycles. The van der Waals surface area contributed by atoms with Gasteiger partial charge in [0.15, 0.2) is 5.82 Å². The third kappa shape index (κ3) is 2.62. The van der Waals surface area contributed by atoms with Gasteiger partial charge in [0.05, 0.1) is 19.9 Å². The number of thiophene rings is 1. The summed E-state index contributed by atoms with van der Waals surface area (Å²) in [6, 6.07) is 4.35. The number of ether oxygens (including phenoxy) is 1. The third-order valence-electron chi connectivity index (χ3n) is 1.91. The Morgan fingerprint density at radius 1 is 1.56 bits per heavy atom. The van der Waals surface area contributed by atoms with Gasteiger partial charge in [0, 0.05) is 4.88 Å². The smallest absolute Gasteiger partial charge is 0.318 e. The zero-order chi connectivity index (χ0) is 11.4. The van der Waals surface area contributed by atoms with E-state index in [1.807, 2.05) is 17.5 Å². The Bertz CT molecular complexity index is 461. The molecule has 0 radical (unpaired) electrons. The average Bonchev–Trinajstić information content (AvgIpc) is 2.81. The number of hydrogen-bond donors (Lipinski definition) is 1. The first-order chi connectivity index (χ1) is 7.79. The summed E-state index contributed by atoms with van der Waals surface area (Å²) in [5.41, 5.74) is 0. The van der Waals surface area contributed by atoms with E-state index in [9.17, 15) is 0 Å². The van der Waals surface area contributed by atoms with Crippen LogP contribution >= 0.6 is 22.9 Å². The maximum absolute atomic E-state index is 5.95. The molecular weight excluding hydrogens is 246 g/mol. The number of aromatic nitrogens is 2. The van der Waals surface area contributed by atoms with Crippen LogP contribution in [0.25, 0.3) is 0 Å². The number of anilines is 1. The number of methoxy groups -OCH3 is 1. The fraction of sp³-hybridized carbons (Fsp3) is 0.200. The minimum Gasteiger partial charge on any atom is -0.467 e. The lowest BCUT2D eigenvalue weighted by atomic mass is 10.4. The van der Waals surface area contributed by atoms with E-state index in [0.29, 0.717) is 23.4 Å². The quantitative estimate of drug-likeness (QED) is 0.913. The summed E-state index contributed by atoms with van der Waals surface area (Å²) in [5.74, 6) is 0.585. The minimum atomic E-state index is 0.304. The lowest BCUT2D eigenvalue weighted by molar-refractivity contribution is 0.380. The highest BCUT2D eigenvalue weighted by atomic mass is 35.5. The van der Waals surface area contributed by atoms with Crippen LogP contribution in [0.1, 0.15) is 4.88 Å². The normalized spacial score (nSPS) is 10.1. The molecule has 0 spiro atoms. The van der Waals surface area contributed by atoms with E-state index >= 15 is 0 Å². The van der Waals surface area contributed by atoms with Gasteiger partial charge in [-0.2, -0.15) is 4.98 Å². The summed E-state index contributed by atoms with van der Waals surface area (Å²) in [6.45, 7) is 0.692. The monoisotopic (exact) mass is 255 g/mol. The van der Waals surface area contributed by atoms with Crippen molar-refractivity contribution in [1.29, 1.82) is 0 Å². The summed E-state index contributed by atoms with van der Waals surface area (Å²) in [6.07, 6.45) is 1.52. The molecular formula is C10H10ClN3OS. The van der Waals surface area contributed by atoms with Crippen molar-refractivity contribution < 1.29 is 4.74 Å². The second kappa shape index (κ2) is 5.14. The minimum absolute atomic E-state index is 0.304. The van der Waals surface area contributed by atoms with E-state index in [4.69, 9.17) is 16.3 Å². The number of halogens is 1. The first-order valence-corrected chi connectivity index (χ1v) is 5.88. The van der Waals surface area contributed by atoms with Crippen molar-refractivity contribution in [2.45, 2.75) is 6.54 Å². The van der Waals surface area contributed by atoms with Gasteiger partial charge in [-0.1, -0.05) is 17.7 Å². The first-order valence-electron chi connectivity index (χ1n) is 4.62. The molecule has 0 fully saturated rings. The van der Waals surface area contributed by atoms with Crippen molar-refractivity contribution in [1.82, 2.24) is 9.97 Å². The number of rotatable bonds is 4. The van der Waals surface area contributed by atoms with Crippen LogP contribution in [0.4, 0.5) is 5.82 Å². The standard InChI is InChI=1S/C10H10ClN3OS/c1-15-10-13-6-8(11)9(14-10)12-5-7-3-2-4-16-7/h2-4,6H,5H2,1H3,(H,12,13,14). The Labute approximate surface area is 102 Å². The van der Waals surface area contributed by atoms with Crippen LogP contribution < -0.4 is 10.1 Å². The second-order valence-electron chi connectivity index (χ2n) is 2.99. The predicted molar refractivity (Wildman–Crippen MR) is 65.2 cm³/mol. The summed E-state index contributed by atoms with van der Waals surface area (Å²) in [7, 11) is 1.52. The Morgan fingerprint density at radius 2 is 2.44 bits per heavy atom. The summed E-state index contributed by atoms with van der Waals surface area (Å²) >= 11 is 7.63. The van der Waals surface area contributed by atoms with E-state index in [1.165, 1.54) is 18.2 Å². The van der Waals surface area contributed by atoms with E-state index in [1.54, 1.807) is 11.3 Å². The van der Waals surface area contributed by atoms with Gasteiger partial charge in [-0.3, -0.25) is 0 Å². The van der Waals surface area contributed by atoms with Gasteiger partial charge < -0.3 is 10.1 Å². The van der Waals surface area contributed by atoms with Crippen molar-refractivity contribution in [2.75, 3.05) is 12.4 Å². The van der Waals surface area contributed by atoms with Crippen molar-refractivity contribution in [3.63, 3.8) is 0 Å². The lowest BCUT2D eigenvalue weighted by Gasteiger charge is -2.06. The molecule has 0 atom stereocenters. The van der Waals surface area contributed by atoms with Crippen molar-refractivity contribution in [3.05, 3.63) is 33.6 Å². The van der Waals surface area contributed by atoms with E-state index in [2.05, 4.69) is 15.3 Å². The van der Waals surface area contributed by atoms with Gasteiger partial charge in [0.1, 0.15) is 5.02 Å². The van der Waals surface area contributed by atoms with Crippen molar-refractivity contribution in [3.8, 4) is 6.01 Å². The maximum Gasteiger partial charge on any atom is 0.318 e. The average molecular weight is 256 g/mol. The van der Waals surface area contributed by atoms with E-state index in [0.717, 1.165) is 0 Å². The molecule has 2 aromatic rings. The number of nitrogens with one attached hydrogen (secondary N) is 1. The molecule has 0 unspecified atom stereocenters. The maximum atomic E-state index is 5.95. The van der Waals surface area contributed by atoms with Gasteiger partial charge >= 0.3 is 6.01 Å². The Kier molecular flexibility index (Phi) is 3.58. The highest BCUT2D eigenvalue weighted by Crippen LogP contribution is 2.21. The fourth-order valence-electron chi connectivity index (χ4n) is 1.16. The van der Waals surface area contributed by atoms with Crippen molar-refractivity contribution in [2.24, 2.45) is 0 Å². The molecule has 0 saturated carbocycles. The van der Waals surface area contributed by atoms with Gasteiger partial charge in [-0.05, 0) is 11.4 Å².